The molecule has 0 spiro atoms. The Morgan fingerprint density at radius 2 is 2.27 bits per heavy atom. The second kappa shape index (κ2) is 3.55. The van der Waals surface area contributed by atoms with Crippen molar-refractivity contribution in [3.05, 3.63) is 23.8 Å². The standard InChI is InChI=1S/C10H8ClNO3/c1-12-7-4-6(10(11)14)2-3-8(7)15-5-9(12)13/h2-4H,5H2,1H3. The molecule has 0 bridgehead atoms. The lowest BCUT2D eigenvalue weighted by atomic mass is 10.1. The number of amides is 1. The third-order valence-electron chi connectivity index (χ3n) is 2.27. The van der Waals surface area contributed by atoms with E-state index in [1.807, 2.05) is 0 Å². The number of likely N-dealkylation sites (N-methyl/N-ethyl adjacent to an activating group) is 1. The van der Waals surface area contributed by atoms with Crippen molar-refractivity contribution in [3.63, 3.8) is 0 Å². The predicted octanol–water partition coefficient (Wildman–Crippen LogP) is 1.42. The van der Waals surface area contributed by atoms with Gasteiger partial charge in [-0.1, -0.05) is 0 Å². The molecule has 0 atom stereocenters. The van der Waals surface area contributed by atoms with Gasteiger partial charge in [0.2, 0.25) is 0 Å². The number of rotatable bonds is 1. The molecule has 0 saturated heterocycles. The van der Waals surface area contributed by atoms with E-state index in [2.05, 4.69) is 0 Å². The van der Waals surface area contributed by atoms with Gasteiger partial charge in [-0.15, -0.1) is 0 Å². The molecular formula is C10H8ClNO3. The maximum Gasteiger partial charge on any atom is 0.264 e. The van der Waals surface area contributed by atoms with E-state index in [1.165, 1.54) is 4.90 Å². The van der Waals surface area contributed by atoms with Crippen LogP contribution in [-0.4, -0.2) is 24.8 Å². The van der Waals surface area contributed by atoms with Gasteiger partial charge in [-0.25, -0.2) is 0 Å². The predicted molar refractivity (Wildman–Crippen MR) is 55.5 cm³/mol. The average Bonchev–Trinajstić information content (AvgIpc) is 2.23. The van der Waals surface area contributed by atoms with Crippen molar-refractivity contribution in [2.45, 2.75) is 0 Å². The zero-order valence-corrected chi connectivity index (χ0v) is 8.75. The molecule has 0 radical (unpaired) electrons. The van der Waals surface area contributed by atoms with Crippen molar-refractivity contribution in [2.75, 3.05) is 18.6 Å². The van der Waals surface area contributed by atoms with Gasteiger partial charge in [-0.2, -0.15) is 0 Å². The van der Waals surface area contributed by atoms with Crippen molar-refractivity contribution in [1.29, 1.82) is 0 Å². The largest absolute Gasteiger partial charge is 0.482 e. The Balaban J connectivity index is 2.50. The Bertz CT molecular complexity index is 444. The first-order valence-electron chi connectivity index (χ1n) is 4.33. The summed E-state index contributed by atoms with van der Waals surface area (Å²) in [5.41, 5.74) is 0.915. The number of carbonyl (C=O) groups excluding carboxylic acids is 2. The van der Waals surface area contributed by atoms with Crippen LogP contribution >= 0.6 is 11.6 Å². The summed E-state index contributed by atoms with van der Waals surface area (Å²) in [5, 5.41) is -0.552. The van der Waals surface area contributed by atoms with Gasteiger partial charge in [0.05, 0.1) is 5.69 Å². The zero-order chi connectivity index (χ0) is 11.0. The van der Waals surface area contributed by atoms with Crippen molar-refractivity contribution < 1.29 is 14.3 Å². The number of fused-ring (bicyclic) bond motifs is 1. The van der Waals surface area contributed by atoms with Crippen molar-refractivity contribution in [2.24, 2.45) is 0 Å². The maximum absolute atomic E-state index is 11.3. The van der Waals surface area contributed by atoms with Crippen LogP contribution in [0.25, 0.3) is 0 Å². The SMILES string of the molecule is CN1C(=O)COc2ccc(C(=O)Cl)cc21. The van der Waals surface area contributed by atoms with Crippen LogP contribution in [0.2, 0.25) is 0 Å². The second-order valence-electron chi connectivity index (χ2n) is 3.20. The van der Waals surface area contributed by atoms with Crippen LogP contribution in [0.4, 0.5) is 5.69 Å². The van der Waals surface area contributed by atoms with E-state index in [1.54, 1.807) is 25.2 Å². The number of ether oxygens (including phenoxy) is 1. The molecule has 2 rings (SSSR count). The molecule has 1 heterocycles. The first-order chi connectivity index (χ1) is 7.09. The molecule has 1 aromatic rings. The highest BCUT2D eigenvalue weighted by Crippen LogP contribution is 2.32. The topological polar surface area (TPSA) is 46.6 Å². The lowest BCUT2D eigenvalue weighted by molar-refractivity contribution is -0.120. The third kappa shape index (κ3) is 1.68. The van der Waals surface area contributed by atoms with E-state index < -0.39 is 5.24 Å². The summed E-state index contributed by atoms with van der Waals surface area (Å²) >= 11 is 5.35. The number of nitrogens with zero attached hydrogens (tertiary/aromatic N) is 1. The molecule has 0 saturated carbocycles. The van der Waals surface area contributed by atoms with Gasteiger partial charge in [-0.05, 0) is 29.8 Å². The van der Waals surface area contributed by atoms with Gasteiger partial charge in [0, 0.05) is 12.6 Å². The van der Waals surface area contributed by atoms with Crippen molar-refractivity contribution in [3.8, 4) is 5.75 Å². The van der Waals surface area contributed by atoms with E-state index in [0.717, 1.165) is 0 Å². The lowest BCUT2D eigenvalue weighted by Gasteiger charge is -2.25. The molecule has 0 aliphatic carbocycles. The van der Waals surface area contributed by atoms with E-state index in [0.29, 0.717) is 17.0 Å². The summed E-state index contributed by atoms with van der Waals surface area (Å²) in [6.07, 6.45) is 0. The number of carbonyl (C=O) groups is 2. The molecule has 1 aromatic carbocycles. The van der Waals surface area contributed by atoms with Gasteiger partial charge >= 0.3 is 0 Å². The number of halogens is 1. The molecular weight excluding hydrogens is 218 g/mol. The molecule has 0 unspecified atom stereocenters. The molecule has 4 nitrogen and oxygen atoms in total. The quantitative estimate of drug-likeness (QED) is 0.679. The third-order valence-corrected chi connectivity index (χ3v) is 2.49. The minimum Gasteiger partial charge on any atom is -0.482 e. The molecule has 78 valence electrons. The number of benzene rings is 1. The Kier molecular flexibility index (Phi) is 2.36. The van der Waals surface area contributed by atoms with Crippen LogP contribution in [-0.2, 0) is 4.79 Å². The van der Waals surface area contributed by atoms with Crippen LogP contribution in [0, 0.1) is 0 Å². The van der Waals surface area contributed by atoms with Crippen LogP contribution in [0.1, 0.15) is 10.4 Å². The average molecular weight is 226 g/mol. The first-order valence-corrected chi connectivity index (χ1v) is 4.70. The smallest absolute Gasteiger partial charge is 0.264 e. The van der Waals surface area contributed by atoms with E-state index in [9.17, 15) is 9.59 Å². The lowest BCUT2D eigenvalue weighted by Crippen LogP contribution is -2.35. The fraction of sp³-hybridized carbons (Fsp3) is 0.200. The minimum absolute atomic E-state index is 0.0255. The van der Waals surface area contributed by atoms with Gasteiger partial charge in [0.1, 0.15) is 5.75 Å². The Labute approximate surface area is 91.4 Å². The minimum atomic E-state index is -0.552. The number of hydrogen-bond acceptors (Lipinski definition) is 3. The zero-order valence-electron chi connectivity index (χ0n) is 7.99. The summed E-state index contributed by atoms with van der Waals surface area (Å²) in [6.45, 7) is 0.0255. The fourth-order valence-electron chi connectivity index (χ4n) is 1.39. The highest BCUT2D eigenvalue weighted by Gasteiger charge is 2.22. The second-order valence-corrected chi connectivity index (χ2v) is 3.54. The van der Waals surface area contributed by atoms with Gasteiger partial charge in [-0.3, -0.25) is 9.59 Å². The normalized spacial score (nSPS) is 14.5. The molecule has 1 aliphatic rings. The molecule has 1 aliphatic heterocycles. The summed E-state index contributed by atoms with van der Waals surface area (Å²) in [5.74, 6) is 0.431. The van der Waals surface area contributed by atoms with Gasteiger partial charge in [0.25, 0.3) is 11.1 Å². The Hall–Kier alpha value is -1.55. The Morgan fingerprint density at radius 3 is 2.93 bits per heavy atom. The molecule has 0 N–H and O–H groups in total. The highest BCUT2D eigenvalue weighted by atomic mass is 35.5. The molecule has 0 fully saturated rings. The Morgan fingerprint density at radius 1 is 1.53 bits per heavy atom. The molecule has 15 heavy (non-hydrogen) atoms. The number of hydrogen-bond donors (Lipinski definition) is 0. The summed E-state index contributed by atoms with van der Waals surface area (Å²) in [6, 6.07) is 4.74. The van der Waals surface area contributed by atoms with E-state index in [-0.39, 0.29) is 12.5 Å². The van der Waals surface area contributed by atoms with Crippen LogP contribution in [0.3, 0.4) is 0 Å². The highest BCUT2D eigenvalue weighted by molar-refractivity contribution is 6.67. The summed E-state index contributed by atoms with van der Waals surface area (Å²) in [7, 11) is 1.63. The van der Waals surface area contributed by atoms with E-state index >= 15 is 0 Å². The number of anilines is 1. The van der Waals surface area contributed by atoms with Crippen LogP contribution < -0.4 is 9.64 Å². The van der Waals surface area contributed by atoms with Crippen LogP contribution in [0.15, 0.2) is 18.2 Å². The summed E-state index contributed by atoms with van der Waals surface area (Å²) < 4.78 is 5.20. The molecule has 5 heteroatoms. The van der Waals surface area contributed by atoms with E-state index in [4.69, 9.17) is 16.3 Å². The first kappa shape index (κ1) is 9.98. The molecule has 0 aromatic heterocycles. The van der Waals surface area contributed by atoms with Crippen molar-refractivity contribution >= 4 is 28.4 Å². The molecule has 1 amide bonds. The van der Waals surface area contributed by atoms with Gasteiger partial charge in [0.15, 0.2) is 6.61 Å². The maximum atomic E-state index is 11.3. The fourth-order valence-corrected chi connectivity index (χ4v) is 1.51. The summed E-state index contributed by atoms with van der Waals surface area (Å²) in [4.78, 5) is 23.7. The monoisotopic (exact) mass is 225 g/mol. The van der Waals surface area contributed by atoms with Crippen LogP contribution in [0.5, 0.6) is 5.75 Å². The van der Waals surface area contributed by atoms with Crippen molar-refractivity contribution in [1.82, 2.24) is 0 Å². The van der Waals surface area contributed by atoms with Gasteiger partial charge < -0.3 is 9.64 Å².